The SMILES string of the molecule is O=C(NC(Cc1ccc(O)cc1)C(=O)O)c1ccc(F)cc1Br. The first kappa shape index (κ1) is 17.0. The highest BCUT2D eigenvalue weighted by atomic mass is 79.9. The fourth-order valence-corrected chi connectivity index (χ4v) is 2.51. The molecular weight excluding hydrogens is 369 g/mol. The summed E-state index contributed by atoms with van der Waals surface area (Å²) in [5, 5.41) is 20.9. The predicted molar refractivity (Wildman–Crippen MR) is 84.8 cm³/mol. The number of carbonyl (C=O) groups is 2. The minimum atomic E-state index is -1.19. The molecule has 0 saturated carbocycles. The van der Waals surface area contributed by atoms with Crippen molar-refractivity contribution in [3.63, 3.8) is 0 Å². The van der Waals surface area contributed by atoms with Crippen LogP contribution < -0.4 is 5.32 Å². The van der Waals surface area contributed by atoms with Crippen LogP contribution in [-0.2, 0) is 11.2 Å². The molecule has 0 heterocycles. The van der Waals surface area contributed by atoms with Gasteiger partial charge in [-0.3, -0.25) is 4.79 Å². The lowest BCUT2D eigenvalue weighted by molar-refractivity contribution is -0.139. The van der Waals surface area contributed by atoms with Crippen molar-refractivity contribution in [1.29, 1.82) is 0 Å². The smallest absolute Gasteiger partial charge is 0.326 e. The zero-order valence-corrected chi connectivity index (χ0v) is 13.4. The van der Waals surface area contributed by atoms with Gasteiger partial charge < -0.3 is 15.5 Å². The number of carboxylic acid groups (broad SMARTS) is 1. The van der Waals surface area contributed by atoms with Crippen LogP contribution in [-0.4, -0.2) is 28.1 Å². The molecule has 0 aliphatic heterocycles. The molecule has 0 aromatic heterocycles. The summed E-state index contributed by atoms with van der Waals surface area (Å²) in [7, 11) is 0. The molecule has 0 spiro atoms. The van der Waals surface area contributed by atoms with Crippen LogP contribution in [0.3, 0.4) is 0 Å². The molecule has 0 aliphatic carbocycles. The highest BCUT2D eigenvalue weighted by Crippen LogP contribution is 2.18. The van der Waals surface area contributed by atoms with Crippen LogP contribution in [0.1, 0.15) is 15.9 Å². The van der Waals surface area contributed by atoms with E-state index in [1.165, 1.54) is 18.2 Å². The molecule has 2 aromatic rings. The zero-order chi connectivity index (χ0) is 17.0. The van der Waals surface area contributed by atoms with E-state index in [9.17, 15) is 24.2 Å². The van der Waals surface area contributed by atoms with Crippen molar-refractivity contribution in [2.24, 2.45) is 0 Å². The van der Waals surface area contributed by atoms with Crippen molar-refractivity contribution in [3.8, 4) is 5.75 Å². The summed E-state index contributed by atoms with van der Waals surface area (Å²) < 4.78 is 13.3. The monoisotopic (exact) mass is 381 g/mol. The normalized spacial score (nSPS) is 11.7. The summed E-state index contributed by atoms with van der Waals surface area (Å²) in [6, 6.07) is 8.40. The molecule has 3 N–H and O–H groups in total. The van der Waals surface area contributed by atoms with Gasteiger partial charge in [0.1, 0.15) is 17.6 Å². The first-order valence-electron chi connectivity index (χ1n) is 6.63. The van der Waals surface area contributed by atoms with Crippen LogP contribution in [0.15, 0.2) is 46.9 Å². The summed E-state index contributed by atoms with van der Waals surface area (Å²) in [6.07, 6.45) is 0.0557. The first-order valence-corrected chi connectivity index (χ1v) is 7.42. The Bertz CT molecular complexity index is 733. The summed E-state index contributed by atoms with van der Waals surface area (Å²) >= 11 is 3.07. The molecule has 23 heavy (non-hydrogen) atoms. The van der Waals surface area contributed by atoms with Crippen molar-refractivity contribution >= 4 is 27.8 Å². The molecule has 120 valence electrons. The summed E-state index contributed by atoms with van der Waals surface area (Å²) in [6.45, 7) is 0. The standard InChI is InChI=1S/C16H13BrFNO4/c17-13-8-10(18)3-6-12(13)15(21)19-14(16(22)23)7-9-1-4-11(20)5-2-9/h1-6,8,14,20H,7H2,(H,19,21)(H,22,23). The van der Waals surface area contributed by atoms with Crippen LogP contribution in [0.4, 0.5) is 4.39 Å². The van der Waals surface area contributed by atoms with Crippen molar-refractivity contribution in [1.82, 2.24) is 5.32 Å². The van der Waals surface area contributed by atoms with E-state index in [1.54, 1.807) is 12.1 Å². The second-order valence-electron chi connectivity index (χ2n) is 4.86. The minimum absolute atomic E-state index is 0.0557. The van der Waals surface area contributed by atoms with E-state index in [-0.39, 0.29) is 22.2 Å². The molecule has 0 aliphatic rings. The Morgan fingerprint density at radius 2 is 1.83 bits per heavy atom. The maximum atomic E-state index is 13.0. The van der Waals surface area contributed by atoms with Gasteiger partial charge in [-0.2, -0.15) is 0 Å². The van der Waals surface area contributed by atoms with Gasteiger partial charge in [-0.05, 0) is 51.8 Å². The number of benzene rings is 2. The van der Waals surface area contributed by atoms with Gasteiger partial charge in [0, 0.05) is 10.9 Å². The summed E-state index contributed by atoms with van der Waals surface area (Å²) in [5.41, 5.74) is 0.789. The summed E-state index contributed by atoms with van der Waals surface area (Å²) in [4.78, 5) is 23.5. The lowest BCUT2D eigenvalue weighted by Crippen LogP contribution is -2.42. The first-order chi connectivity index (χ1) is 10.9. The highest BCUT2D eigenvalue weighted by Gasteiger charge is 2.22. The van der Waals surface area contributed by atoms with E-state index in [0.717, 1.165) is 12.1 Å². The highest BCUT2D eigenvalue weighted by molar-refractivity contribution is 9.10. The number of aliphatic carboxylic acids is 1. The second-order valence-corrected chi connectivity index (χ2v) is 5.71. The van der Waals surface area contributed by atoms with Crippen LogP contribution in [0.2, 0.25) is 0 Å². The van der Waals surface area contributed by atoms with Crippen LogP contribution in [0, 0.1) is 5.82 Å². The van der Waals surface area contributed by atoms with Crippen LogP contribution in [0.5, 0.6) is 5.75 Å². The van der Waals surface area contributed by atoms with Gasteiger partial charge in [-0.1, -0.05) is 12.1 Å². The van der Waals surface area contributed by atoms with E-state index in [2.05, 4.69) is 21.2 Å². The molecule has 2 rings (SSSR count). The van der Waals surface area contributed by atoms with Gasteiger partial charge in [0.05, 0.1) is 5.56 Å². The average Bonchev–Trinajstić information content (AvgIpc) is 2.48. The molecule has 5 nitrogen and oxygen atoms in total. The minimum Gasteiger partial charge on any atom is -0.508 e. The third kappa shape index (κ3) is 4.53. The van der Waals surface area contributed by atoms with E-state index in [0.29, 0.717) is 5.56 Å². The Morgan fingerprint density at radius 1 is 1.17 bits per heavy atom. The fraction of sp³-hybridized carbons (Fsp3) is 0.125. The molecule has 2 aromatic carbocycles. The fourth-order valence-electron chi connectivity index (χ4n) is 1.98. The number of carbonyl (C=O) groups excluding carboxylic acids is 1. The third-order valence-corrected chi connectivity index (χ3v) is 3.81. The van der Waals surface area contributed by atoms with Gasteiger partial charge in [-0.25, -0.2) is 9.18 Å². The number of halogens is 2. The quantitative estimate of drug-likeness (QED) is 0.742. The topological polar surface area (TPSA) is 86.6 Å². The molecule has 0 bridgehead atoms. The molecule has 1 unspecified atom stereocenters. The van der Waals surface area contributed by atoms with E-state index in [1.807, 2.05) is 0 Å². The Kier molecular flexibility index (Phi) is 5.33. The largest absolute Gasteiger partial charge is 0.508 e. The maximum Gasteiger partial charge on any atom is 0.326 e. The van der Waals surface area contributed by atoms with Gasteiger partial charge in [-0.15, -0.1) is 0 Å². The van der Waals surface area contributed by atoms with E-state index in [4.69, 9.17) is 0 Å². The Hall–Kier alpha value is -2.41. The molecule has 0 radical (unpaired) electrons. The van der Waals surface area contributed by atoms with Crippen LogP contribution in [0.25, 0.3) is 0 Å². The van der Waals surface area contributed by atoms with Crippen molar-refractivity contribution in [2.45, 2.75) is 12.5 Å². The Labute approximate surface area is 139 Å². The Balaban J connectivity index is 2.14. The van der Waals surface area contributed by atoms with Crippen molar-refractivity contribution < 1.29 is 24.2 Å². The van der Waals surface area contributed by atoms with Gasteiger partial charge in [0.15, 0.2) is 0 Å². The molecule has 1 atom stereocenters. The molecule has 7 heteroatoms. The Morgan fingerprint density at radius 3 is 2.39 bits per heavy atom. The number of rotatable bonds is 5. The van der Waals surface area contributed by atoms with E-state index < -0.39 is 23.7 Å². The number of carboxylic acids is 1. The molecular formula is C16H13BrFNO4. The second kappa shape index (κ2) is 7.23. The van der Waals surface area contributed by atoms with Gasteiger partial charge in [0.25, 0.3) is 5.91 Å². The lowest BCUT2D eigenvalue weighted by Gasteiger charge is -2.15. The van der Waals surface area contributed by atoms with Crippen molar-refractivity contribution in [3.05, 3.63) is 63.9 Å². The zero-order valence-electron chi connectivity index (χ0n) is 11.8. The number of hydrogen-bond acceptors (Lipinski definition) is 3. The van der Waals surface area contributed by atoms with Crippen LogP contribution >= 0.6 is 15.9 Å². The summed E-state index contributed by atoms with van der Waals surface area (Å²) in [5.74, 6) is -2.25. The predicted octanol–water partition coefficient (Wildman–Crippen LogP) is 2.72. The van der Waals surface area contributed by atoms with Gasteiger partial charge >= 0.3 is 5.97 Å². The van der Waals surface area contributed by atoms with E-state index >= 15 is 0 Å². The number of nitrogens with one attached hydrogen (secondary N) is 1. The average molecular weight is 382 g/mol. The number of phenolic OH excluding ortho intramolecular Hbond substituents is 1. The maximum absolute atomic E-state index is 13.0. The molecule has 1 amide bonds. The number of phenols is 1. The number of amides is 1. The third-order valence-electron chi connectivity index (χ3n) is 3.16. The number of hydrogen-bond donors (Lipinski definition) is 3. The molecule has 0 saturated heterocycles. The number of aromatic hydroxyl groups is 1. The molecule has 0 fully saturated rings. The van der Waals surface area contributed by atoms with Crippen molar-refractivity contribution in [2.75, 3.05) is 0 Å². The lowest BCUT2D eigenvalue weighted by atomic mass is 10.1. The van der Waals surface area contributed by atoms with Gasteiger partial charge in [0.2, 0.25) is 0 Å².